The number of nitrogen functional groups attached to an aromatic ring is 1. The zero-order chi connectivity index (χ0) is 10.6. The molecule has 3 heteroatoms. The molecule has 72 valence electrons. The summed E-state index contributed by atoms with van der Waals surface area (Å²) in [5.74, 6) is 0.378. The highest BCUT2D eigenvalue weighted by atomic mass is 14.9. The van der Waals surface area contributed by atoms with Crippen molar-refractivity contribution in [2.45, 2.75) is 6.92 Å². The Bertz CT molecular complexity index is 392. The lowest BCUT2D eigenvalue weighted by molar-refractivity contribution is 1.28. The normalized spacial score (nSPS) is 10.4. The lowest BCUT2D eigenvalue weighted by Crippen LogP contribution is -1.95. The monoisotopic (exact) mass is 187 g/mol. The minimum atomic E-state index is 0.378. The van der Waals surface area contributed by atoms with Crippen molar-refractivity contribution in [1.82, 2.24) is 4.98 Å². The minimum absolute atomic E-state index is 0.378. The van der Waals surface area contributed by atoms with Crippen molar-refractivity contribution in [3.63, 3.8) is 0 Å². The number of anilines is 1. The van der Waals surface area contributed by atoms with Gasteiger partial charge in [0.1, 0.15) is 11.5 Å². The van der Waals surface area contributed by atoms with Crippen molar-refractivity contribution >= 4 is 30.4 Å². The van der Waals surface area contributed by atoms with Gasteiger partial charge in [0.2, 0.25) is 0 Å². The Morgan fingerprint density at radius 1 is 1.57 bits per heavy atom. The lowest BCUT2D eigenvalue weighted by Gasteiger charge is -2.04. The Hall–Kier alpha value is -1.90. The SMILES string of the molecule is C=Cc1nc(N)c(N=C)cc1C=CC. The molecule has 0 fully saturated rings. The number of nitrogens with two attached hydrogens (primary N) is 1. The van der Waals surface area contributed by atoms with Crippen LogP contribution in [0.15, 0.2) is 23.7 Å². The number of rotatable bonds is 3. The highest BCUT2D eigenvalue weighted by Crippen LogP contribution is 2.24. The molecule has 0 saturated heterocycles. The largest absolute Gasteiger partial charge is 0.382 e. The maximum Gasteiger partial charge on any atom is 0.150 e. The standard InChI is InChI=1S/C11H13N3/c1-4-6-8-7-10(13-3)11(12)14-9(8)5-2/h4-7H,2-3H2,1H3,(H2,12,14). The van der Waals surface area contributed by atoms with Gasteiger partial charge in [0.15, 0.2) is 0 Å². The minimum Gasteiger partial charge on any atom is -0.382 e. The summed E-state index contributed by atoms with van der Waals surface area (Å²) >= 11 is 0. The maximum atomic E-state index is 5.66. The topological polar surface area (TPSA) is 51.3 Å². The summed E-state index contributed by atoms with van der Waals surface area (Å²) in [6, 6.07) is 1.84. The van der Waals surface area contributed by atoms with Crippen molar-refractivity contribution in [3.8, 4) is 0 Å². The molecular formula is C11H13N3. The van der Waals surface area contributed by atoms with Gasteiger partial charge in [-0.3, -0.25) is 4.99 Å². The molecule has 0 aliphatic carbocycles. The molecule has 0 unspecified atom stereocenters. The van der Waals surface area contributed by atoms with Crippen molar-refractivity contribution in [2.75, 3.05) is 5.73 Å². The predicted octanol–water partition coefficient (Wildman–Crippen LogP) is 2.67. The molecule has 0 saturated carbocycles. The second-order valence-corrected chi connectivity index (χ2v) is 2.73. The van der Waals surface area contributed by atoms with E-state index in [9.17, 15) is 0 Å². The molecule has 0 bridgehead atoms. The molecule has 0 aliphatic heterocycles. The molecule has 1 aromatic heterocycles. The number of allylic oxidation sites excluding steroid dienone is 1. The van der Waals surface area contributed by atoms with Crippen LogP contribution in [0.3, 0.4) is 0 Å². The van der Waals surface area contributed by atoms with Crippen LogP contribution in [0, 0.1) is 0 Å². The Balaban J connectivity index is 3.38. The smallest absolute Gasteiger partial charge is 0.150 e. The first-order valence-corrected chi connectivity index (χ1v) is 4.25. The lowest BCUT2D eigenvalue weighted by atomic mass is 10.1. The quantitative estimate of drug-likeness (QED) is 0.739. The van der Waals surface area contributed by atoms with E-state index in [4.69, 9.17) is 5.73 Å². The summed E-state index contributed by atoms with van der Waals surface area (Å²) in [6.07, 6.45) is 5.52. The first kappa shape index (κ1) is 10.2. The molecule has 1 heterocycles. The van der Waals surface area contributed by atoms with Crippen LogP contribution in [-0.4, -0.2) is 11.7 Å². The van der Waals surface area contributed by atoms with E-state index in [1.54, 1.807) is 6.08 Å². The van der Waals surface area contributed by atoms with E-state index < -0.39 is 0 Å². The third kappa shape index (κ3) is 1.88. The Kier molecular flexibility index (Phi) is 3.18. The summed E-state index contributed by atoms with van der Waals surface area (Å²) in [6.45, 7) is 9.04. The molecule has 1 aromatic rings. The van der Waals surface area contributed by atoms with Crippen LogP contribution >= 0.6 is 0 Å². The van der Waals surface area contributed by atoms with Crippen LogP contribution in [0.5, 0.6) is 0 Å². The molecule has 3 nitrogen and oxygen atoms in total. The summed E-state index contributed by atoms with van der Waals surface area (Å²) in [5.41, 5.74) is 7.96. The Morgan fingerprint density at radius 3 is 2.79 bits per heavy atom. The van der Waals surface area contributed by atoms with E-state index in [2.05, 4.69) is 23.3 Å². The van der Waals surface area contributed by atoms with Crippen molar-refractivity contribution < 1.29 is 0 Å². The first-order chi connectivity index (χ1) is 6.72. The molecule has 14 heavy (non-hydrogen) atoms. The molecule has 0 aromatic carbocycles. The van der Waals surface area contributed by atoms with Gasteiger partial charge in [0.05, 0.1) is 5.69 Å². The van der Waals surface area contributed by atoms with Crippen LogP contribution in [0.2, 0.25) is 0 Å². The van der Waals surface area contributed by atoms with Crippen molar-refractivity contribution in [3.05, 3.63) is 30.0 Å². The molecule has 1 rings (SSSR count). The van der Waals surface area contributed by atoms with Gasteiger partial charge in [0.25, 0.3) is 0 Å². The molecule has 0 radical (unpaired) electrons. The van der Waals surface area contributed by atoms with Gasteiger partial charge in [-0.2, -0.15) is 0 Å². The first-order valence-electron chi connectivity index (χ1n) is 4.25. The van der Waals surface area contributed by atoms with Crippen molar-refractivity contribution in [1.29, 1.82) is 0 Å². The average Bonchev–Trinajstić information content (AvgIpc) is 2.20. The number of nitrogens with zero attached hydrogens (tertiary/aromatic N) is 2. The number of aliphatic imine (C=N–C) groups is 1. The van der Waals surface area contributed by atoms with E-state index >= 15 is 0 Å². The number of hydrogen-bond donors (Lipinski definition) is 1. The summed E-state index contributed by atoms with van der Waals surface area (Å²) < 4.78 is 0. The van der Waals surface area contributed by atoms with E-state index in [0.717, 1.165) is 11.3 Å². The number of pyridine rings is 1. The summed E-state index contributed by atoms with van der Waals surface area (Å²) in [5, 5.41) is 0. The third-order valence-corrected chi connectivity index (χ3v) is 1.80. The third-order valence-electron chi connectivity index (χ3n) is 1.80. The molecule has 0 amide bonds. The fourth-order valence-electron chi connectivity index (χ4n) is 1.15. The van der Waals surface area contributed by atoms with Crippen LogP contribution in [-0.2, 0) is 0 Å². The predicted molar refractivity (Wildman–Crippen MR) is 62.7 cm³/mol. The molecule has 0 spiro atoms. The highest BCUT2D eigenvalue weighted by Gasteiger charge is 2.03. The molecule has 0 aliphatic rings. The second kappa shape index (κ2) is 4.37. The van der Waals surface area contributed by atoms with Gasteiger partial charge in [-0.15, -0.1) is 0 Å². The zero-order valence-corrected chi connectivity index (χ0v) is 8.20. The van der Waals surface area contributed by atoms with Gasteiger partial charge in [-0.05, 0) is 25.8 Å². The van der Waals surface area contributed by atoms with Crippen LogP contribution in [0.4, 0.5) is 11.5 Å². The summed E-state index contributed by atoms with van der Waals surface area (Å²) in [4.78, 5) is 7.94. The fraction of sp³-hybridized carbons (Fsp3) is 0.0909. The highest BCUT2D eigenvalue weighted by molar-refractivity contribution is 5.71. The van der Waals surface area contributed by atoms with Gasteiger partial charge in [-0.1, -0.05) is 18.7 Å². The zero-order valence-electron chi connectivity index (χ0n) is 8.20. The van der Waals surface area contributed by atoms with E-state index in [1.165, 1.54) is 0 Å². The van der Waals surface area contributed by atoms with Crippen LogP contribution < -0.4 is 5.73 Å². The van der Waals surface area contributed by atoms with E-state index in [0.29, 0.717) is 11.5 Å². The van der Waals surface area contributed by atoms with Crippen molar-refractivity contribution in [2.24, 2.45) is 4.99 Å². The van der Waals surface area contributed by atoms with Gasteiger partial charge in [0, 0.05) is 5.56 Å². The fourth-order valence-corrected chi connectivity index (χ4v) is 1.15. The van der Waals surface area contributed by atoms with Gasteiger partial charge >= 0.3 is 0 Å². The van der Waals surface area contributed by atoms with Crippen LogP contribution in [0.1, 0.15) is 18.2 Å². The second-order valence-electron chi connectivity index (χ2n) is 2.73. The molecular weight excluding hydrogens is 174 g/mol. The van der Waals surface area contributed by atoms with Gasteiger partial charge < -0.3 is 5.73 Å². The van der Waals surface area contributed by atoms with E-state index in [1.807, 2.05) is 25.1 Å². The Labute approximate surface area is 83.7 Å². The van der Waals surface area contributed by atoms with Gasteiger partial charge in [-0.25, -0.2) is 4.98 Å². The number of hydrogen-bond acceptors (Lipinski definition) is 3. The van der Waals surface area contributed by atoms with Crippen LogP contribution in [0.25, 0.3) is 12.2 Å². The average molecular weight is 187 g/mol. The summed E-state index contributed by atoms with van der Waals surface area (Å²) in [7, 11) is 0. The number of aromatic nitrogens is 1. The maximum absolute atomic E-state index is 5.66. The Morgan fingerprint density at radius 2 is 2.29 bits per heavy atom. The van der Waals surface area contributed by atoms with E-state index in [-0.39, 0.29) is 0 Å². The molecule has 0 atom stereocenters. The molecule has 2 N–H and O–H groups in total.